The lowest BCUT2D eigenvalue weighted by molar-refractivity contribution is 0.157. The minimum absolute atomic E-state index is 0.0294. The third kappa shape index (κ3) is 10.4. The lowest BCUT2D eigenvalue weighted by Gasteiger charge is -2.17. The highest BCUT2D eigenvalue weighted by atomic mass is 16.5. The molecule has 0 fully saturated rings. The van der Waals surface area contributed by atoms with Gasteiger partial charge in [0.25, 0.3) is 0 Å². The first-order valence-corrected chi connectivity index (χ1v) is 18.4. The Morgan fingerprint density at radius 2 is 0.887 bits per heavy atom. The fourth-order valence-electron chi connectivity index (χ4n) is 7.17. The number of aliphatic hydroxyl groups excluding tert-OH is 2. The van der Waals surface area contributed by atoms with Gasteiger partial charge in [-0.05, 0) is 132 Å². The number of fused-ring (bicyclic) bond motifs is 2. The number of phenols is 4. The Balaban J connectivity index is 0.000000204. The third-order valence-corrected chi connectivity index (χ3v) is 10.0. The van der Waals surface area contributed by atoms with Gasteiger partial charge in [-0.1, -0.05) is 80.6 Å². The van der Waals surface area contributed by atoms with Crippen molar-refractivity contribution in [1.29, 1.82) is 0 Å². The van der Waals surface area contributed by atoms with Crippen molar-refractivity contribution in [2.75, 3.05) is 7.11 Å². The molecule has 0 unspecified atom stereocenters. The molecule has 6 aromatic rings. The molecule has 7 heteroatoms. The van der Waals surface area contributed by atoms with Crippen LogP contribution in [-0.2, 0) is 12.8 Å². The number of phenolic OH excluding ortho intramolecular Hbond substituents is 4. The summed E-state index contributed by atoms with van der Waals surface area (Å²) >= 11 is 0. The van der Waals surface area contributed by atoms with Crippen LogP contribution in [0.1, 0.15) is 79.6 Å². The molecule has 0 radical (unpaired) electrons. The molecule has 0 aromatic heterocycles. The van der Waals surface area contributed by atoms with Gasteiger partial charge in [-0.3, -0.25) is 0 Å². The summed E-state index contributed by atoms with van der Waals surface area (Å²) in [5.41, 5.74) is 4.98. The number of ether oxygens (including phenoxy) is 1. The van der Waals surface area contributed by atoms with Gasteiger partial charge in [0.1, 0.15) is 28.7 Å². The van der Waals surface area contributed by atoms with Gasteiger partial charge >= 0.3 is 0 Å². The quantitative estimate of drug-likeness (QED) is 0.0701. The summed E-state index contributed by atoms with van der Waals surface area (Å²) in [6.07, 6.45) is 3.31. The summed E-state index contributed by atoms with van der Waals surface area (Å²) in [7, 11) is 1.69. The molecule has 6 rings (SSSR count). The lowest BCUT2D eigenvalue weighted by Crippen LogP contribution is -2.05. The maximum atomic E-state index is 10.4. The predicted molar refractivity (Wildman–Crippen MR) is 213 cm³/mol. The molecule has 0 aliphatic rings. The molecule has 0 saturated heterocycles. The number of aryl methyl sites for hydroxylation is 1. The fourth-order valence-corrected chi connectivity index (χ4v) is 7.17. The van der Waals surface area contributed by atoms with E-state index in [9.17, 15) is 30.6 Å². The van der Waals surface area contributed by atoms with Crippen LogP contribution in [-0.4, -0.2) is 37.7 Å². The molecule has 278 valence electrons. The summed E-state index contributed by atoms with van der Waals surface area (Å²) in [5, 5.41) is 64.0. The van der Waals surface area contributed by atoms with Crippen LogP contribution in [0.25, 0.3) is 21.5 Å². The van der Waals surface area contributed by atoms with Crippen LogP contribution in [0.15, 0.2) is 109 Å². The van der Waals surface area contributed by atoms with Gasteiger partial charge in [0, 0.05) is 17.5 Å². The number of methoxy groups -OCH3 is 1. The SMILES string of the molecule is COc1ccc(C[C@@H](C)CC[C@H](O)c2cc(O)cc(O)c2)c2ccccc12.Cc1ccc(C[C@H](C)CC[C@H](O)c2cc(O)cc(O)c2)c2ccccc12. The Kier molecular flexibility index (Phi) is 13.2. The second kappa shape index (κ2) is 18.0. The molecular weight excluding hydrogens is 664 g/mol. The Morgan fingerprint density at radius 3 is 1.34 bits per heavy atom. The zero-order valence-corrected chi connectivity index (χ0v) is 31.0. The average Bonchev–Trinajstić information content (AvgIpc) is 3.13. The van der Waals surface area contributed by atoms with E-state index in [0.29, 0.717) is 35.8 Å². The van der Waals surface area contributed by atoms with Gasteiger partial charge < -0.3 is 35.4 Å². The van der Waals surface area contributed by atoms with Gasteiger partial charge in [-0.2, -0.15) is 0 Å². The van der Waals surface area contributed by atoms with Crippen LogP contribution in [0.2, 0.25) is 0 Å². The topological polar surface area (TPSA) is 131 Å². The molecule has 6 aromatic carbocycles. The van der Waals surface area contributed by atoms with E-state index in [4.69, 9.17) is 4.74 Å². The smallest absolute Gasteiger partial charge is 0.126 e. The third-order valence-electron chi connectivity index (χ3n) is 10.0. The summed E-state index contributed by atoms with van der Waals surface area (Å²) < 4.78 is 5.46. The minimum Gasteiger partial charge on any atom is -0.508 e. The normalized spacial score (nSPS) is 13.5. The summed E-state index contributed by atoms with van der Waals surface area (Å²) in [6.45, 7) is 6.50. The van der Waals surface area contributed by atoms with Crippen molar-refractivity contribution in [3.8, 4) is 28.7 Å². The summed E-state index contributed by atoms with van der Waals surface area (Å²) in [4.78, 5) is 0. The van der Waals surface area contributed by atoms with E-state index in [1.807, 2.05) is 18.2 Å². The summed E-state index contributed by atoms with van der Waals surface area (Å²) in [6, 6.07) is 33.7. The molecule has 0 saturated carbocycles. The Hall–Kier alpha value is -5.24. The van der Waals surface area contributed by atoms with E-state index in [0.717, 1.165) is 36.8 Å². The first kappa shape index (κ1) is 39.0. The second-order valence-electron chi connectivity index (χ2n) is 14.4. The molecule has 0 aliphatic carbocycles. The molecule has 0 spiro atoms. The van der Waals surface area contributed by atoms with E-state index < -0.39 is 12.2 Å². The van der Waals surface area contributed by atoms with Gasteiger partial charge in [0.05, 0.1) is 19.3 Å². The van der Waals surface area contributed by atoms with E-state index in [1.54, 1.807) is 7.11 Å². The zero-order valence-electron chi connectivity index (χ0n) is 31.0. The fraction of sp³-hybridized carbons (Fsp3) is 0.304. The first-order valence-electron chi connectivity index (χ1n) is 18.4. The Morgan fingerprint density at radius 1 is 0.491 bits per heavy atom. The average molecular weight is 717 g/mol. The van der Waals surface area contributed by atoms with Gasteiger partial charge in [-0.15, -0.1) is 0 Å². The van der Waals surface area contributed by atoms with Crippen molar-refractivity contribution >= 4 is 21.5 Å². The summed E-state index contributed by atoms with van der Waals surface area (Å²) in [5.74, 6) is 1.53. The maximum absolute atomic E-state index is 10.4. The monoisotopic (exact) mass is 716 g/mol. The molecule has 4 atom stereocenters. The molecule has 53 heavy (non-hydrogen) atoms. The van der Waals surface area contributed by atoms with Crippen LogP contribution >= 0.6 is 0 Å². The van der Waals surface area contributed by atoms with Crippen molar-refractivity contribution < 1.29 is 35.4 Å². The van der Waals surface area contributed by atoms with Crippen LogP contribution in [0.5, 0.6) is 28.7 Å². The Bertz CT molecular complexity index is 2080. The predicted octanol–water partition coefficient (Wildman–Crippen LogP) is 10.2. The highest BCUT2D eigenvalue weighted by molar-refractivity contribution is 5.91. The maximum Gasteiger partial charge on any atom is 0.126 e. The van der Waals surface area contributed by atoms with Gasteiger partial charge in [0.15, 0.2) is 0 Å². The molecule has 0 heterocycles. The van der Waals surface area contributed by atoms with E-state index >= 15 is 0 Å². The zero-order chi connectivity index (χ0) is 38.1. The van der Waals surface area contributed by atoms with E-state index in [2.05, 4.69) is 75.4 Å². The van der Waals surface area contributed by atoms with Crippen molar-refractivity contribution in [1.82, 2.24) is 0 Å². The largest absolute Gasteiger partial charge is 0.508 e. The number of benzene rings is 6. The highest BCUT2D eigenvalue weighted by Gasteiger charge is 2.16. The second-order valence-corrected chi connectivity index (χ2v) is 14.4. The highest BCUT2D eigenvalue weighted by Crippen LogP contribution is 2.33. The minimum atomic E-state index is -0.710. The van der Waals surface area contributed by atoms with E-state index in [1.165, 1.54) is 69.2 Å². The first-order chi connectivity index (χ1) is 25.4. The molecule has 7 nitrogen and oxygen atoms in total. The molecule has 0 amide bonds. The van der Waals surface area contributed by atoms with Gasteiger partial charge in [0.2, 0.25) is 0 Å². The number of hydrogen-bond donors (Lipinski definition) is 6. The molecule has 6 N–H and O–H groups in total. The standard InChI is InChI=1S/C23H26O4.C23H26O3/c1-15(7-9-22(26)17-12-18(24)14-19(25)13-17)11-16-8-10-23(27-2)21-6-4-3-5-20(16)21;1-15(7-10-23(26)18-12-19(24)14-20(25)13-18)11-17-9-8-16(2)21-5-3-4-6-22(17)21/h3-6,8,10,12-15,22,24-26H,7,9,11H2,1-2H3;3-6,8-9,12-15,23-26H,7,10-11H2,1-2H3/t15-,22-;15-,23+/m01/s1. The Labute approximate surface area is 312 Å². The van der Waals surface area contributed by atoms with Crippen molar-refractivity contribution in [3.05, 3.63) is 137 Å². The van der Waals surface area contributed by atoms with E-state index in [-0.39, 0.29) is 23.0 Å². The molecule has 0 bridgehead atoms. The molecular formula is C46H52O7. The van der Waals surface area contributed by atoms with Crippen LogP contribution in [0.3, 0.4) is 0 Å². The van der Waals surface area contributed by atoms with Crippen molar-refractivity contribution in [2.45, 2.75) is 71.5 Å². The van der Waals surface area contributed by atoms with Gasteiger partial charge in [-0.25, -0.2) is 0 Å². The van der Waals surface area contributed by atoms with Crippen molar-refractivity contribution in [3.63, 3.8) is 0 Å². The number of hydrogen-bond acceptors (Lipinski definition) is 7. The van der Waals surface area contributed by atoms with Crippen molar-refractivity contribution in [2.24, 2.45) is 11.8 Å². The number of aliphatic hydroxyl groups is 2. The lowest BCUT2D eigenvalue weighted by atomic mass is 9.90. The van der Waals surface area contributed by atoms with Crippen LogP contribution < -0.4 is 4.74 Å². The number of rotatable bonds is 13. The number of aromatic hydroxyl groups is 4. The van der Waals surface area contributed by atoms with Crippen LogP contribution in [0, 0.1) is 18.8 Å². The van der Waals surface area contributed by atoms with Crippen LogP contribution in [0.4, 0.5) is 0 Å². The molecule has 0 aliphatic heterocycles.